The maximum atomic E-state index is 13.5. The molecular formula is C16H12Cl2F7N3O. The number of carbonyl (C=O) groups excluding carboxylic acids is 1. The average Bonchev–Trinajstić information content (AvgIpc) is 2.84. The molecule has 2 aromatic rings. The maximum absolute atomic E-state index is 13.5. The van der Waals surface area contributed by atoms with Crippen molar-refractivity contribution in [2.75, 3.05) is 5.32 Å². The Bertz CT molecular complexity index is 941. The summed E-state index contributed by atoms with van der Waals surface area (Å²) in [7, 11) is 0. The molecular weight excluding hydrogens is 454 g/mol. The van der Waals surface area contributed by atoms with Crippen molar-refractivity contribution in [3.63, 3.8) is 0 Å². The zero-order valence-electron chi connectivity index (χ0n) is 14.6. The van der Waals surface area contributed by atoms with E-state index in [4.69, 9.17) is 23.2 Å². The largest absolute Gasteiger partial charge is 0.460 e. The Hall–Kier alpha value is -2.01. The van der Waals surface area contributed by atoms with Crippen molar-refractivity contribution in [2.45, 2.75) is 38.4 Å². The maximum Gasteiger partial charge on any atom is 0.460 e. The molecule has 1 N–H and O–H groups in total. The summed E-state index contributed by atoms with van der Waals surface area (Å²) in [5.74, 6) is -15.4. The van der Waals surface area contributed by atoms with Crippen LogP contribution in [0.1, 0.15) is 17.0 Å². The number of nitrogens with one attached hydrogen (secondary N) is 1. The van der Waals surface area contributed by atoms with Crippen molar-refractivity contribution in [3.8, 4) is 0 Å². The van der Waals surface area contributed by atoms with Gasteiger partial charge in [0.05, 0.1) is 33.7 Å². The smallest absolute Gasteiger partial charge is 0.317 e. The third-order valence-corrected chi connectivity index (χ3v) is 4.71. The molecule has 0 fully saturated rings. The van der Waals surface area contributed by atoms with E-state index in [1.54, 1.807) is 6.07 Å². The summed E-state index contributed by atoms with van der Waals surface area (Å²) < 4.78 is 91.1. The molecule has 29 heavy (non-hydrogen) atoms. The number of benzene rings is 1. The van der Waals surface area contributed by atoms with Gasteiger partial charge in [-0.15, -0.1) is 0 Å². The highest BCUT2D eigenvalue weighted by molar-refractivity contribution is 6.42. The lowest BCUT2D eigenvalue weighted by molar-refractivity contribution is -0.343. The summed E-state index contributed by atoms with van der Waals surface area (Å²) in [6.45, 7) is 2.61. The van der Waals surface area contributed by atoms with Crippen LogP contribution < -0.4 is 5.32 Å². The van der Waals surface area contributed by atoms with Crippen LogP contribution in [0.5, 0.6) is 0 Å². The fraction of sp³-hybridized carbons (Fsp3) is 0.375. The summed E-state index contributed by atoms with van der Waals surface area (Å²) in [5.41, 5.74) is 0.152. The first-order valence-electron chi connectivity index (χ1n) is 7.71. The van der Waals surface area contributed by atoms with E-state index in [0.717, 1.165) is 0 Å². The number of alkyl halides is 7. The van der Waals surface area contributed by atoms with Gasteiger partial charge in [-0.1, -0.05) is 29.3 Å². The van der Waals surface area contributed by atoms with Crippen molar-refractivity contribution in [1.29, 1.82) is 0 Å². The second-order valence-corrected chi connectivity index (χ2v) is 6.87. The highest BCUT2D eigenvalue weighted by atomic mass is 35.5. The predicted octanol–water partition coefficient (Wildman–Crippen LogP) is 5.63. The first-order chi connectivity index (χ1) is 13.1. The van der Waals surface area contributed by atoms with Gasteiger partial charge >= 0.3 is 23.9 Å². The number of anilines is 1. The van der Waals surface area contributed by atoms with Crippen molar-refractivity contribution in [2.24, 2.45) is 0 Å². The summed E-state index contributed by atoms with van der Waals surface area (Å²) >= 11 is 11.7. The summed E-state index contributed by atoms with van der Waals surface area (Å²) in [5, 5.41) is 5.91. The molecule has 0 saturated heterocycles. The van der Waals surface area contributed by atoms with Gasteiger partial charge in [-0.2, -0.15) is 35.8 Å². The van der Waals surface area contributed by atoms with Gasteiger partial charge < -0.3 is 5.32 Å². The quantitative estimate of drug-likeness (QED) is 0.582. The second kappa shape index (κ2) is 7.67. The Labute approximate surface area is 169 Å². The number of aryl methyl sites for hydroxylation is 1. The number of carbonyl (C=O) groups is 1. The zero-order chi connectivity index (χ0) is 22.4. The number of aromatic nitrogens is 2. The van der Waals surface area contributed by atoms with Crippen molar-refractivity contribution in [3.05, 3.63) is 45.2 Å². The molecule has 0 aliphatic carbocycles. The number of rotatable bonds is 5. The van der Waals surface area contributed by atoms with E-state index in [1.165, 1.54) is 36.0 Å². The third kappa shape index (κ3) is 4.30. The highest BCUT2D eigenvalue weighted by Gasteiger charge is 2.76. The minimum absolute atomic E-state index is 0.0362. The normalized spacial score (nSPS) is 12.9. The molecule has 1 aromatic carbocycles. The first-order valence-corrected chi connectivity index (χ1v) is 8.47. The molecule has 2 rings (SSSR count). The van der Waals surface area contributed by atoms with Gasteiger partial charge in [-0.25, -0.2) is 0 Å². The Morgan fingerprint density at radius 2 is 1.66 bits per heavy atom. The molecule has 13 heteroatoms. The van der Waals surface area contributed by atoms with E-state index >= 15 is 0 Å². The number of nitrogens with zero attached hydrogens (tertiary/aromatic N) is 2. The molecule has 0 unspecified atom stereocenters. The topological polar surface area (TPSA) is 46.9 Å². The van der Waals surface area contributed by atoms with Crippen molar-refractivity contribution < 1.29 is 35.5 Å². The standard InChI is InChI=1S/C16H12Cl2F7N3O/c1-7-12(26-13(29)14(19,20)15(21,22)16(23,24)25)8(2)28(27-7)6-9-3-4-10(17)11(18)5-9/h3-5H,6H2,1-2H3,(H,26,29). The van der Waals surface area contributed by atoms with Gasteiger partial charge in [0, 0.05) is 0 Å². The van der Waals surface area contributed by atoms with Gasteiger partial charge in [-0.3, -0.25) is 9.48 Å². The van der Waals surface area contributed by atoms with E-state index < -0.39 is 29.6 Å². The van der Waals surface area contributed by atoms with E-state index in [-0.39, 0.29) is 28.0 Å². The fourth-order valence-corrected chi connectivity index (χ4v) is 2.68. The van der Waals surface area contributed by atoms with Crippen LogP contribution in [0.25, 0.3) is 0 Å². The Balaban J connectivity index is 2.30. The third-order valence-electron chi connectivity index (χ3n) is 3.97. The van der Waals surface area contributed by atoms with E-state index in [0.29, 0.717) is 5.56 Å². The van der Waals surface area contributed by atoms with Crippen molar-refractivity contribution >= 4 is 34.8 Å². The van der Waals surface area contributed by atoms with Crippen LogP contribution in [-0.2, 0) is 11.3 Å². The van der Waals surface area contributed by atoms with Gasteiger partial charge in [0.25, 0.3) is 0 Å². The number of hydrogen-bond donors (Lipinski definition) is 1. The van der Waals surface area contributed by atoms with E-state index in [1.807, 2.05) is 0 Å². The van der Waals surface area contributed by atoms with Gasteiger partial charge in [0.15, 0.2) is 0 Å². The van der Waals surface area contributed by atoms with Crippen molar-refractivity contribution in [1.82, 2.24) is 9.78 Å². The lowest BCUT2D eigenvalue weighted by Gasteiger charge is -2.27. The van der Waals surface area contributed by atoms with Gasteiger partial charge in [0.2, 0.25) is 0 Å². The minimum atomic E-state index is -6.62. The highest BCUT2D eigenvalue weighted by Crippen LogP contribution is 2.47. The molecule has 4 nitrogen and oxygen atoms in total. The van der Waals surface area contributed by atoms with Crippen LogP contribution in [0.2, 0.25) is 10.0 Å². The molecule has 1 aromatic heterocycles. The molecule has 0 spiro atoms. The predicted molar refractivity (Wildman–Crippen MR) is 91.8 cm³/mol. The summed E-state index contributed by atoms with van der Waals surface area (Å²) in [6.07, 6.45) is -6.62. The lowest BCUT2D eigenvalue weighted by atomic mass is 10.1. The number of hydrogen-bond acceptors (Lipinski definition) is 2. The van der Waals surface area contributed by atoms with Crippen LogP contribution in [0.4, 0.5) is 36.4 Å². The summed E-state index contributed by atoms with van der Waals surface area (Å²) in [4.78, 5) is 11.6. The first kappa shape index (κ1) is 23.3. The Kier molecular flexibility index (Phi) is 6.16. The molecule has 160 valence electrons. The van der Waals surface area contributed by atoms with Crippen LogP contribution in [0.15, 0.2) is 18.2 Å². The van der Waals surface area contributed by atoms with Gasteiger partial charge in [0.1, 0.15) is 0 Å². The average molecular weight is 466 g/mol. The Morgan fingerprint density at radius 3 is 2.17 bits per heavy atom. The lowest BCUT2D eigenvalue weighted by Crippen LogP contribution is -2.57. The molecule has 0 aliphatic heterocycles. The molecule has 0 radical (unpaired) electrons. The molecule has 0 saturated carbocycles. The second-order valence-electron chi connectivity index (χ2n) is 6.05. The molecule has 0 bridgehead atoms. The molecule has 1 amide bonds. The molecule has 0 aliphatic rings. The molecule has 0 atom stereocenters. The monoisotopic (exact) mass is 465 g/mol. The van der Waals surface area contributed by atoms with E-state index in [2.05, 4.69) is 5.10 Å². The fourth-order valence-electron chi connectivity index (χ4n) is 2.36. The van der Waals surface area contributed by atoms with Crippen LogP contribution in [-0.4, -0.2) is 33.7 Å². The number of halogens is 9. The molecule has 1 heterocycles. The number of amides is 1. The Morgan fingerprint density at radius 1 is 1.07 bits per heavy atom. The summed E-state index contributed by atoms with van der Waals surface area (Å²) in [6, 6.07) is 4.57. The van der Waals surface area contributed by atoms with E-state index in [9.17, 15) is 35.5 Å². The van der Waals surface area contributed by atoms with Crippen LogP contribution in [0.3, 0.4) is 0 Å². The van der Waals surface area contributed by atoms with Crippen LogP contribution in [0, 0.1) is 13.8 Å². The van der Waals surface area contributed by atoms with Gasteiger partial charge in [-0.05, 0) is 31.5 Å². The minimum Gasteiger partial charge on any atom is -0.317 e. The van der Waals surface area contributed by atoms with Crippen LogP contribution >= 0.6 is 23.2 Å². The SMILES string of the molecule is Cc1nn(Cc2ccc(Cl)c(Cl)c2)c(C)c1NC(=O)C(F)(F)C(F)(F)C(F)(F)F. The zero-order valence-corrected chi connectivity index (χ0v) is 16.2.